The van der Waals surface area contributed by atoms with Crippen LogP contribution < -0.4 is 5.32 Å². The molecule has 1 amide bonds. The van der Waals surface area contributed by atoms with E-state index < -0.39 is 4.92 Å². The van der Waals surface area contributed by atoms with Gasteiger partial charge in [-0.25, -0.2) is 0 Å². The van der Waals surface area contributed by atoms with E-state index in [1.165, 1.54) is 13.1 Å². The fourth-order valence-electron chi connectivity index (χ4n) is 1.60. The minimum Gasteiger partial charge on any atom is -0.355 e. The summed E-state index contributed by atoms with van der Waals surface area (Å²) in [5.74, 6) is -0.325. The molecule has 0 saturated carbocycles. The fourth-order valence-corrected chi connectivity index (χ4v) is 1.60. The fraction of sp³-hybridized carbons (Fsp3) is 0.417. The molecule has 0 heterocycles. The SMILES string of the molecule is CNC(=O)c1ccc(C(C)(C)C)c([N+](=O)[O-])c1. The van der Waals surface area contributed by atoms with Gasteiger partial charge >= 0.3 is 0 Å². The number of nitrogens with zero attached hydrogens (tertiary/aromatic N) is 1. The van der Waals surface area contributed by atoms with Crippen molar-refractivity contribution in [2.24, 2.45) is 0 Å². The van der Waals surface area contributed by atoms with Crippen LogP contribution in [0.15, 0.2) is 18.2 Å². The monoisotopic (exact) mass is 236 g/mol. The van der Waals surface area contributed by atoms with E-state index >= 15 is 0 Å². The molecule has 0 aliphatic carbocycles. The lowest BCUT2D eigenvalue weighted by Crippen LogP contribution is -2.19. The summed E-state index contributed by atoms with van der Waals surface area (Å²) in [5.41, 5.74) is 0.574. The molecular weight excluding hydrogens is 220 g/mol. The molecule has 1 aromatic carbocycles. The molecule has 0 spiro atoms. The summed E-state index contributed by atoms with van der Waals surface area (Å²) in [5, 5.41) is 13.4. The van der Waals surface area contributed by atoms with Crippen molar-refractivity contribution >= 4 is 11.6 Å². The number of carbonyl (C=O) groups is 1. The van der Waals surface area contributed by atoms with Gasteiger partial charge in [-0.05, 0) is 11.5 Å². The topological polar surface area (TPSA) is 72.2 Å². The van der Waals surface area contributed by atoms with Crippen LogP contribution in [0.25, 0.3) is 0 Å². The summed E-state index contributed by atoms with van der Waals surface area (Å²) in [6.07, 6.45) is 0. The number of nitrogens with one attached hydrogen (secondary N) is 1. The first-order valence-electron chi connectivity index (χ1n) is 5.28. The Morgan fingerprint density at radius 2 is 1.94 bits per heavy atom. The zero-order chi connectivity index (χ0) is 13.2. The summed E-state index contributed by atoms with van der Waals surface area (Å²) < 4.78 is 0. The van der Waals surface area contributed by atoms with Gasteiger partial charge in [-0.15, -0.1) is 0 Å². The average Bonchev–Trinajstić information content (AvgIpc) is 2.25. The molecule has 17 heavy (non-hydrogen) atoms. The van der Waals surface area contributed by atoms with Gasteiger partial charge in [0.05, 0.1) is 4.92 Å². The van der Waals surface area contributed by atoms with E-state index in [0.29, 0.717) is 11.1 Å². The Balaban J connectivity index is 3.37. The number of nitro groups is 1. The first kappa shape index (κ1) is 13.2. The number of rotatable bonds is 2. The minimum atomic E-state index is -0.451. The van der Waals surface area contributed by atoms with Gasteiger partial charge in [0, 0.05) is 24.2 Å². The van der Waals surface area contributed by atoms with Crippen molar-refractivity contribution in [2.45, 2.75) is 26.2 Å². The van der Waals surface area contributed by atoms with E-state index in [2.05, 4.69) is 5.32 Å². The van der Waals surface area contributed by atoms with E-state index in [1.807, 2.05) is 20.8 Å². The molecular formula is C12H16N2O3. The van der Waals surface area contributed by atoms with Crippen molar-refractivity contribution < 1.29 is 9.72 Å². The first-order valence-corrected chi connectivity index (χ1v) is 5.28. The first-order chi connectivity index (χ1) is 7.77. The van der Waals surface area contributed by atoms with E-state index in [1.54, 1.807) is 12.1 Å². The van der Waals surface area contributed by atoms with E-state index in [0.717, 1.165) is 0 Å². The van der Waals surface area contributed by atoms with Gasteiger partial charge in [0.15, 0.2) is 0 Å². The minimum absolute atomic E-state index is 0.0152. The normalized spacial score (nSPS) is 11.1. The third kappa shape index (κ3) is 2.81. The molecule has 0 fully saturated rings. The maximum atomic E-state index is 11.4. The number of hydrogen-bond donors (Lipinski definition) is 1. The molecule has 0 aromatic heterocycles. The summed E-state index contributed by atoms with van der Waals surface area (Å²) in [6, 6.07) is 4.56. The van der Waals surface area contributed by atoms with Gasteiger partial charge in [-0.2, -0.15) is 0 Å². The van der Waals surface area contributed by atoms with E-state index in [9.17, 15) is 14.9 Å². The second-order valence-corrected chi connectivity index (χ2v) is 4.82. The van der Waals surface area contributed by atoms with Gasteiger partial charge in [0.2, 0.25) is 0 Å². The standard InChI is InChI=1S/C12H16N2O3/c1-12(2,3)9-6-5-8(11(15)13-4)7-10(9)14(16)17/h5-7H,1-4H3,(H,13,15). The Bertz CT molecular complexity index is 461. The van der Waals surface area contributed by atoms with Crippen molar-refractivity contribution in [3.63, 3.8) is 0 Å². The second-order valence-electron chi connectivity index (χ2n) is 4.82. The third-order valence-corrected chi connectivity index (χ3v) is 2.49. The molecule has 0 saturated heterocycles. The Labute approximate surface area is 100.0 Å². The smallest absolute Gasteiger partial charge is 0.273 e. The molecule has 0 aliphatic rings. The van der Waals surface area contributed by atoms with E-state index in [-0.39, 0.29) is 17.0 Å². The van der Waals surface area contributed by atoms with Crippen molar-refractivity contribution in [3.05, 3.63) is 39.4 Å². The van der Waals surface area contributed by atoms with Crippen molar-refractivity contribution in [1.29, 1.82) is 0 Å². The van der Waals surface area contributed by atoms with Crippen LogP contribution in [-0.4, -0.2) is 17.9 Å². The van der Waals surface area contributed by atoms with Crippen LogP contribution in [0.5, 0.6) is 0 Å². The summed E-state index contributed by atoms with van der Waals surface area (Å²) in [4.78, 5) is 22.0. The van der Waals surface area contributed by atoms with Gasteiger partial charge in [0.25, 0.3) is 11.6 Å². The van der Waals surface area contributed by atoms with Gasteiger partial charge in [0.1, 0.15) is 0 Å². The summed E-state index contributed by atoms with van der Waals surface area (Å²) in [7, 11) is 1.49. The molecule has 5 nitrogen and oxygen atoms in total. The van der Waals surface area contributed by atoms with Crippen LogP contribution in [0, 0.1) is 10.1 Å². The number of hydrogen-bond acceptors (Lipinski definition) is 3. The molecule has 1 aromatic rings. The highest BCUT2D eigenvalue weighted by Crippen LogP contribution is 2.31. The van der Waals surface area contributed by atoms with Crippen LogP contribution in [0.3, 0.4) is 0 Å². The molecule has 92 valence electrons. The number of benzene rings is 1. The predicted octanol–water partition coefficient (Wildman–Crippen LogP) is 2.25. The Morgan fingerprint density at radius 3 is 2.35 bits per heavy atom. The zero-order valence-electron chi connectivity index (χ0n) is 10.4. The number of nitro benzene ring substituents is 1. The maximum absolute atomic E-state index is 11.4. The van der Waals surface area contributed by atoms with Gasteiger partial charge in [-0.3, -0.25) is 14.9 Å². The lowest BCUT2D eigenvalue weighted by Gasteiger charge is -2.19. The molecule has 0 atom stereocenters. The average molecular weight is 236 g/mol. The third-order valence-electron chi connectivity index (χ3n) is 2.49. The van der Waals surface area contributed by atoms with Gasteiger partial charge in [-0.1, -0.05) is 26.8 Å². The Morgan fingerprint density at radius 1 is 1.35 bits per heavy atom. The van der Waals surface area contributed by atoms with Crippen LogP contribution in [-0.2, 0) is 5.41 Å². The van der Waals surface area contributed by atoms with Crippen LogP contribution in [0.1, 0.15) is 36.7 Å². The maximum Gasteiger partial charge on any atom is 0.273 e. The zero-order valence-corrected chi connectivity index (χ0v) is 10.4. The number of amides is 1. The quantitative estimate of drug-likeness (QED) is 0.632. The Kier molecular flexibility index (Phi) is 3.50. The molecule has 1 rings (SSSR count). The Hall–Kier alpha value is -1.91. The molecule has 0 unspecified atom stereocenters. The molecule has 1 N–H and O–H groups in total. The second kappa shape index (κ2) is 4.53. The lowest BCUT2D eigenvalue weighted by atomic mass is 9.85. The van der Waals surface area contributed by atoms with Crippen molar-refractivity contribution in [2.75, 3.05) is 7.05 Å². The lowest BCUT2D eigenvalue weighted by molar-refractivity contribution is -0.386. The van der Waals surface area contributed by atoms with Gasteiger partial charge < -0.3 is 5.32 Å². The highest BCUT2D eigenvalue weighted by molar-refractivity contribution is 5.94. The molecule has 5 heteroatoms. The van der Waals surface area contributed by atoms with Crippen molar-refractivity contribution in [3.8, 4) is 0 Å². The molecule has 0 radical (unpaired) electrons. The summed E-state index contributed by atoms with van der Waals surface area (Å²) >= 11 is 0. The van der Waals surface area contributed by atoms with Crippen LogP contribution in [0.4, 0.5) is 5.69 Å². The number of carbonyl (C=O) groups excluding carboxylic acids is 1. The van der Waals surface area contributed by atoms with Crippen molar-refractivity contribution in [1.82, 2.24) is 5.32 Å². The molecule has 0 bridgehead atoms. The molecule has 0 aliphatic heterocycles. The van der Waals surface area contributed by atoms with Crippen LogP contribution in [0.2, 0.25) is 0 Å². The highest BCUT2D eigenvalue weighted by atomic mass is 16.6. The van der Waals surface area contributed by atoms with E-state index in [4.69, 9.17) is 0 Å². The van der Waals surface area contributed by atoms with Crippen LogP contribution >= 0.6 is 0 Å². The highest BCUT2D eigenvalue weighted by Gasteiger charge is 2.25. The summed E-state index contributed by atoms with van der Waals surface area (Å²) in [6.45, 7) is 5.69. The largest absolute Gasteiger partial charge is 0.355 e. The predicted molar refractivity (Wildman–Crippen MR) is 65.2 cm³/mol.